The van der Waals surface area contributed by atoms with Crippen molar-refractivity contribution in [3.05, 3.63) is 30.0 Å². The molecule has 1 aliphatic heterocycles. The number of rotatable bonds is 5. The highest BCUT2D eigenvalue weighted by molar-refractivity contribution is 7.86. The number of hydrogen-bond donors (Lipinski definition) is 1. The fraction of sp³-hybridized carbons (Fsp3) is 0.533. The van der Waals surface area contributed by atoms with Gasteiger partial charge in [0.2, 0.25) is 0 Å². The molecule has 1 N–H and O–H groups in total. The molecule has 0 radical (unpaired) electrons. The van der Waals surface area contributed by atoms with Crippen molar-refractivity contribution in [2.45, 2.75) is 19.8 Å². The zero-order valence-electron chi connectivity index (χ0n) is 14.1. The highest BCUT2D eigenvalue weighted by Crippen LogP contribution is 2.24. The zero-order valence-corrected chi connectivity index (χ0v) is 14.9. The molecule has 24 heavy (non-hydrogen) atoms. The van der Waals surface area contributed by atoms with E-state index in [0.29, 0.717) is 13.1 Å². The summed E-state index contributed by atoms with van der Waals surface area (Å²) in [6.07, 6.45) is 4.87. The summed E-state index contributed by atoms with van der Waals surface area (Å²) in [6.45, 7) is 3.02. The van der Waals surface area contributed by atoms with Crippen LogP contribution in [0.5, 0.6) is 0 Å². The van der Waals surface area contributed by atoms with Gasteiger partial charge in [-0.25, -0.2) is 15.0 Å². The Morgan fingerprint density at radius 1 is 1.33 bits per heavy atom. The molecule has 8 nitrogen and oxygen atoms in total. The van der Waals surface area contributed by atoms with Crippen molar-refractivity contribution in [3.63, 3.8) is 0 Å². The first kappa shape index (κ1) is 17.0. The third-order valence-electron chi connectivity index (χ3n) is 4.20. The molecule has 2 aromatic rings. The Kier molecular flexibility index (Phi) is 4.66. The second-order valence-corrected chi connectivity index (χ2v) is 8.46. The molecule has 1 fully saturated rings. The molecule has 0 bridgehead atoms. The van der Waals surface area contributed by atoms with Crippen LogP contribution in [0.3, 0.4) is 0 Å². The summed E-state index contributed by atoms with van der Waals surface area (Å²) in [6, 6.07) is 1.92. The highest BCUT2D eigenvalue weighted by atomic mass is 32.2. The number of aryl methyl sites for hydroxylation is 1. The van der Waals surface area contributed by atoms with E-state index in [-0.39, 0.29) is 5.92 Å². The summed E-state index contributed by atoms with van der Waals surface area (Å²) in [7, 11) is -0.211. The Morgan fingerprint density at radius 3 is 2.79 bits per heavy atom. The SMILES string of the molecule is Cc1cnc(-c2cc(C[C@H]3CCN(S(=O)(=O)N(C)C)C3)ncn2)[nH]1. The van der Waals surface area contributed by atoms with Crippen LogP contribution in [-0.4, -0.2) is 64.1 Å². The maximum Gasteiger partial charge on any atom is 0.281 e. The van der Waals surface area contributed by atoms with Gasteiger partial charge in [0.05, 0.1) is 0 Å². The van der Waals surface area contributed by atoms with Gasteiger partial charge in [-0.2, -0.15) is 17.0 Å². The molecule has 3 heterocycles. The molecule has 0 saturated carbocycles. The molecule has 1 aliphatic rings. The maximum atomic E-state index is 12.2. The van der Waals surface area contributed by atoms with Gasteiger partial charge in [0.25, 0.3) is 10.2 Å². The molecular weight excluding hydrogens is 328 g/mol. The summed E-state index contributed by atoms with van der Waals surface area (Å²) in [5, 5.41) is 0. The van der Waals surface area contributed by atoms with Gasteiger partial charge in [0.15, 0.2) is 5.82 Å². The van der Waals surface area contributed by atoms with E-state index in [1.165, 1.54) is 14.9 Å². The normalized spacial score (nSPS) is 19.2. The van der Waals surface area contributed by atoms with Gasteiger partial charge in [-0.15, -0.1) is 0 Å². The van der Waals surface area contributed by atoms with Gasteiger partial charge < -0.3 is 4.98 Å². The number of imidazole rings is 1. The molecule has 3 rings (SSSR count). The molecule has 1 saturated heterocycles. The van der Waals surface area contributed by atoms with Gasteiger partial charge >= 0.3 is 0 Å². The van der Waals surface area contributed by atoms with Crippen LogP contribution >= 0.6 is 0 Å². The van der Waals surface area contributed by atoms with E-state index in [2.05, 4.69) is 19.9 Å². The summed E-state index contributed by atoms with van der Waals surface area (Å²) >= 11 is 0. The summed E-state index contributed by atoms with van der Waals surface area (Å²) in [5.74, 6) is 0.986. The third-order valence-corrected chi connectivity index (χ3v) is 6.11. The van der Waals surface area contributed by atoms with Crippen LogP contribution in [0.2, 0.25) is 0 Å². The van der Waals surface area contributed by atoms with Gasteiger partial charge in [-0.3, -0.25) is 0 Å². The molecule has 9 heteroatoms. The van der Waals surface area contributed by atoms with E-state index >= 15 is 0 Å². The lowest BCUT2D eigenvalue weighted by Crippen LogP contribution is -2.38. The van der Waals surface area contributed by atoms with Crippen molar-refractivity contribution in [3.8, 4) is 11.5 Å². The molecule has 0 amide bonds. The number of aromatic amines is 1. The van der Waals surface area contributed by atoms with Gasteiger partial charge in [-0.05, 0) is 31.7 Å². The number of nitrogens with zero attached hydrogens (tertiary/aromatic N) is 5. The van der Waals surface area contributed by atoms with Crippen molar-refractivity contribution >= 4 is 10.2 Å². The molecule has 0 aromatic carbocycles. The minimum absolute atomic E-state index is 0.265. The number of aromatic nitrogens is 4. The van der Waals surface area contributed by atoms with Crippen LogP contribution in [0.25, 0.3) is 11.5 Å². The number of nitrogens with one attached hydrogen (secondary N) is 1. The van der Waals surface area contributed by atoms with Crippen LogP contribution in [-0.2, 0) is 16.6 Å². The van der Waals surface area contributed by atoms with Crippen molar-refractivity contribution in [2.75, 3.05) is 27.2 Å². The highest BCUT2D eigenvalue weighted by Gasteiger charge is 2.32. The lowest BCUT2D eigenvalue weighted by atomic mass is 10.0. The average Bonchev–Trinajstić information content (AvgIpc) is 3.17. The Hall–Kier alpha value is -1.84. The monoisotopic (exact) mass is 350 g/mol. The zero-order chi connectivity index (χ0) is 17.3. The molecule has 130 valence electrons. The minimum Gasteiger partial charge on any atom is -0.341 e. The van der Waals surface area contributed by atoms with Gasteiger partial charge in [0.1, 0.15) is 12.0 Å². The van der Waals surface area contributed by atoms with Crippen LogP contribution in [0.1, 0.15) is 17.8 Å². The molecule has 0 spiro atoms. The number of H-pyrrole nitrogens is 1. The van der Waals surface area contributed by atoms with E-state index < -0.39 is 10.2 Å². The van der Waals surface area contributed by atoms with E-state index in [1.54, 1.807) is 20.3 Å². The smallest absolute Gasteiger partial charge is 0.281 e. The Morgan fingerprint density at radius 2 is 2.12 bits per heavy atom. The number of hydrogen-bond acceptors (Lipinski definition) is 5. The van der Waals surface area contributed by atoms with Crippen molar-refractivity contribution in [1.82, 2.24) is 28.5 Å². The first-order valence-electron chi connectivity index (χ1n) is 7.87. The lowest BCUT2D eigenvalue weighted by molar-refractivity contribution is 0.409. The summed E-state index contributed by atoms with van der Waals surface area (Å²) in [5.41, 5.74) is 2.64. The summed E-state index contributed by atoms with van der Waals surface area (Å²) in [4.78, 5) is 16.0. The Labute approximate surface area is 142 Å². The second kappa shape index (κ2) is 6.58. The largest absolute Gasteiger partial charge is 0.341 e. The fourth-order valence-corrected chi connectivity index (χ4v) is 4.08. The Bertz CT molecular complexity index is 817. The second-order valence-electron chi connectivity index (χ2n) is 6.32. The van der Waals surface area contributed by atoms with E-state index in [1.807, 2.05) is 13.0 Å². The molecule has 0 unspecified atom stereocenters. The quantitative estimate of drug-likeness (QED) is 0.862. The van der Waals surface area contributed by atoms with E-state index in [9.17, 15) is 8.42 Å². The third kappa shape index (κ3) is 3.47. The van der Waals surface area contributed by atoms with Gasteiger partial charge in [-0.1, -0.05) is 0 Å². The van der Waals surface area contributed by atoms with Crippen LogP contribution < -0.4 is 0 Å². The predicted octanol–water partition coefficient (Wildman–Crippen LogP) is 0.846. The van der Waals surface area contributed by atoms with Crippen molar-refractivity contribution in [2.24, 2.45) is 5.92 Å². The maximum absolute atomic E-state index is 12.2. The topological polar surface area (TPSA) is 95.1 Å². The van der Waals surface area contributed by atoms with Crippen LogP contribution in [0, 0.1) is 12.8 Å². The minimum atomic E-state index is -3.33. The standard InChI is InChI=1S/C15H22N6O2S/c1-11-8-16-15(19-11)14-7-13(17-10-18-14)6-12-4-5-21(9-12)24(22,23)20(2)3/h7-8,10,12H,4-6,9H2,1-3H3,(H,16,19)/t12-/m1/s1. The molecular formula is C15H22N6O2S. The first-order valence-corrected chi connectivity index (χ1v) is 9.26. The lowest BCUT2D eigenvalue weighted by Gasteiger charge is -2.20. The first-order chi connectivity index (χ1) is 11.4. The van der Waals surface area contributed by atoms with Gasteiger partial charge in [0, 0.05) is 44.8 Å². The van der Waals surface area contributed by atoms with Crippen molar-refractivity contribution in [1.29, 1.82) is 0 Å². The van der Waals surface area contributed by atoms with Crippen LogP contribution in [0.15, 0.2) is 18.6 Å². The van der Waals surface area contributed by atoms with E-state index in [0.717, 1.165) is 35.7 Å². The van der Waals surface area contributed by atoms with E-state index in [4.69, 9.17) is 0 Å². The predicted molar refractivity (Wildman–Crippen MR) is 90.3 cm³/mol. The molecule has 2 aromatic heterocycles. The van der Waals surface area contributed by atoms with Crippen LogP contribution in [0.4, 0.5) is 0 Å². The average molecular weight is 350 g/mol. The fourth-order valence-electron chi connectivity index (χ4n) is 2.88. The summed E-state index contributed by atoms with van der Waals surface area (Å²) < 4.78 is 27.2. The Balaban J connectivity index is 1.69. The molecule has 1 atom stereocenters. The molecule has 0 aliphatic carbocycles. The van der Waals surface area contributed by atoms with Crippen molar-refractivity contribution < 1.29 is 8.42 Å².